The maximum atomic E-state index is 11.6. The number of unbranched alkanes of at least 4 members (excludes halogenated alkanes) is 4. The SMILES string of the molecule is CCCCCCCC(C)OC(=O)ON1CCCCC1. The fraction of sp³-hybridized carbons (Fsp3) is 0.933. The van der Waals surface area contributed by atoms with Crippen LogP contribution in [0.1, 0.15) is 71.6 Å². The first-order valence-corrected chi connectivity index (χ1v) is 7.86. The van der Waals surface area contributed by atoms with E-state index in [2.05, 4.69) is 6.92 Å². The van der Waals surface area contributed by atoms with Crippen LogP contribution >= 0.6 is 0 Å². The van der Waals surface area contributed by atoms with E-state index in [1.54, 1.807) is 5.06 Å². The lowest BCUT2D eigenvalue weighted by atomic mass is 10.1. The molecule has 0 spiro atoms. The summed E-state index contributed by atoms with van der Waals surface area (Å²) in [7, 11) is 0. The minimum atomic E-state index is -0.539. The average Bonchev–Trinajstić information content (AvgIpc) is 2.39. The van der Waals surface area contributed by atoms with Gasteiger partial charge in [0.2, 0.25) is 0 Å². The Balaban J connectivity index is 2.03. The molecule has 0 aliphatic carbocycles. The molecule has 0 amide bonds. The van der Waals surface area contributed by atoms with Gasteiger partial charge in [-0.05, 0) is 32.6 Å². The second-order valence-electron chi connectivity index (χ2n) is 5.46. The van der Waals surface area contributed by atoms with Gasteiger partial charge in [-0.1, -0.05) is 39.0 Å². The molecule has 4 nitrogen and oxygen atoms in total. The minimum absolute atomic E-state index is 0.0427. The van der Waals surface area contributed by atoms with Gasteiger partial charge in [-0.25, -0.2) is 4.79 Å². The number of ether oxygens (including phenoxy) is 1. The van der Waals surface area contributed by atoms with Crippen molar-refractivity contribution in [2.75, 3.05) is 13.1 Å². The first kappa shape index (κ1) is 16.3. The third-order valence-electron chi connectivity index (χ3n) is 3.53. The molecule has 0 saturated carbocycles. The highest BCUT2D eigenvalue weighted by atomic mass is 16.8. The van der Waals surface area contributed by atoms with Crippen LogP contribution < -0.4 is 0 Å². The largest absolute Gasteiger partial charge is 0.528 e. The summed E-state index contributed by atoms with van der Waals surface area (Å²) in [5, 5.41) is 1.72. The number of hydrogen-bond donors (Lipinski definition) is 0. The van der Waals surface area contributed by atoms with E-state index in [0.717, 1.165) is 38.8 Å². The molecule has 1 atom stereocenters. The van der Waals surface area contributed by atoms with Gasteiger partial charge in [-0.3, -0.25) is 0 Å². The summed E-state index contributed by atoms with van der Waals surface area (Å²) >= 11 is 0. The van der Waals surface area contributed by atoms with Crippen LogP contribution in [0.4, 0.5) is 4.79 Å². The van der Waals surface area contributed by atoms with Crippen LogP contribution in [0.3, 0.4) is 0 Å². The van der Waals surface area contributed by atoms with Gasteiger partial charge in [0.1, 0.15) is 6.10 Å². The second-order valence-corrected chi connectivity index (χ2v) is 5.46. The van der Waals surface area contributed by atoms with Crippen molar-refractivity contribution in [3.05, 3.63) is 0 Å². The molecule has 1 heterocycles. The summed E-state index contributed by atoms with van der Waals surface area (Å²) in [6.07, 6.45) is 9.95. The topological polar surface area (TPSA) is 38.8 Å². The molecule has 0 aromatic carbocycles. The zero-order valence-corrected chi connectivity index (χ0v) is 12.5. The second kappa shape index (κ2) is 10.1. The number of carbonyl (C=O) groups is 1. The van der Waals surface area contributed by atoms with E-state index < -0.39 is 6.16 Å². The van der Waals surface area contributed by atoms with Crippen molar-refractivity contribution in [2.45, 2.75) is 77.7 Å². The smallest absolute Gasteiger partial charge is 0.430 e. The Morgan fingerprint density at radius 3 is 2.47 bits per heavy atom. The molecule has 4 heteroatoms. The quantitative estimate of drug-likeness (QED) is 0.487. The standard InChI is InChI=1S/C15H29NO3/c1-3-4-5-6-8-11-14(2)18-15(17)19-16-12-9-7-10-13-16/h14H,3-13H2,1-2H3. The number of nitrogens with zero attached hydrogens (tertiary/aromatic N) is 1. The van der Waals surface area contributed by atoms with Crippen LogP contribution in [-0.4, -0.2) is 30.4 Å². The van der Waals surface area contributed by atoms with Gasteiger partial charge in [0.25, 0.3) is 0 Å². The summed E-state index contributed by atoms with van der Waals surface area (Å²) in [6.45, 7) is 5.82. The highest BCUT2D eigenvalue weighted by Gasteiger charge is 2.17. The summed E-state index contributed by atoms with van der Waals surface area (Å²) in [5.74, 6) is 0. The van der Waals surface area contributed by atoms with E-state index in [-0.39, 0.29) is 6.10 Å². The molecule has 1 aliphatic rings. The molecular formula is C15H29NO3. The first-order chi connectivity index (χ1) is 9.22. The molecule has 0 radical (unpaired) electrons. The van der Waals surface area contributed by atoms with Crippen molar-refractivity contribution >= 4 is 6.16 Å². The summed E-state index contributed by atoms with van der Waals surface area (Å²) in [4.78, 5) is 16.7. The highest BCUT2D eigenvalue weighted by molar-refractivity contribution is 5.59. The van der Waals surface area contributed by atoms with Gasteiger partial charge in [-0.2, -0.15) is 0 Å². The van der Waals surface area contributed by atoms with E-state index >= 15 is 0 Å². The van der Waals surface area contributed by atoms with Crippen LogP contribution in [0.25, 0.3) is 0 Å². The van der Waals surface area contributed by atoms with Gasteiger partial charge in [0.15, 0.2) is 0 Å². The van der Waals surface area contributed by atoms with E-state index in [1.807, 2.05) is 6.92 Å². The van der Waals surface area contributed by atoms with E-state index in [9.17, 15) is 4.79 Å². The number of piperidine rings is 1. The Labute approximate surface area is 117 Å². The van der Waals surface area contributed by atoms with E-state index in [4.69, 9.17) is 9.57 Å². The van der Waals surface area contributed by atoms with Crippen molar-refractivity contribution in [1.29, 1.82) is 0 Å². The zero-order valence-electron chi connectivity index (χ0n) is 12.5. The third-order valence-corrected chi connectivity index (χ3v) is 3.53. The maximum absolute atomic E-state index is 11.6. The predicted molar refractivity (Wildman–Crippen MR) is 75.8 cm³/mol. The number of hydrogen-bond acceptors (Lipinski definition) is 4. The molecule has 1 fully saturated rings. The Morgan fingerprint density at radius 1 is 1.11 bits per heavy atom. The van der Waals surface area contributed by atoms with Crippen LogP contribution in [-0.2, 0) is 9.57 Å². The molecule has 0 N–H and O–H groups in total. The lowest BCUT2D eigenvalue weighted by Crippen LogP contribution is -2.33. The van der Waals surface area contributed by atoms with Gasteiger partial charge < -0.3 is 9.57 Å². The molecule has 0 aromatic rings. The number of hydroxylamine groups is 2. The molecule has 1 rings (SSSR count). The van der Waals surface area contributed by atoms with Crippen LogP contribution in [0.15, 0.2) is 0 Å². The summed E-state index contributed by atoms with van der Waals surface area (Å²) in [5.41, 5.74) is 0. The van der Waals surface area contributed by atoms with Gasteiger partial charge in [0.05, 0.1) is 0 Å². The third kappa shape index (κ3) is 8.09. The molecule has 1 saturated heterocycles. The average molecular weight is 271 g/mol. The van der Waals surface area contributed by atoms with Gasteiger partial charge in [-0.15, -0.1) is 5.06 Å². The van der Waals surface area contributed by atoms with Crippen LogP contribution in [0.5, 0.6) is 0 Å². The lowest BCUT2D eigenvalue weighted by molar-refractivity contribution is -0.142. The van der Waals surface area contributed by atoms with Crippen LogP contribution in [0.2, 0.25) is 0 Å². The Morgan fingerprint density at radius 2 is 1.79 bits per heavy atom. The number of rotatable bonds is 8. The zero-order chi connectivity index (χ0) is 13.9. The van der Waals surface area contributed by atoms with E-state index in [0.29, 0.717) is 0 Å². The number of carbonyl (C=O) groups excluding carboxylic acids is 1. The molecule has 19 heavy (non-hydrogen) atoms. The molecule has 112 valence electrons. The normalized spacial score (nSPS) is 18.0. The Bertz CT molecular complexity index is 240. The first-order valence-electron chi connectivity index (χ1n) is 7.86. The molecule has 1 unspecified atom stereocenters. The predicted octanol–water partition coefficient (Wildman–Crippen LogP) is 4.29. The van der Waals surface area contributed by atoms with E-state index in [1.165, 1.54) is 32.1 Å². The fourth-order valence-electron chi connectivity index (χ4n) is 2.34. The van der Waals surface area contributed by atoms with Crippen molar-refractivity contribution in [3.63, 3.8) is 0 Å². The summed E-state index contributed by atoms with van der Waals surface area (Å²) < 4.78 is 5.26. The van der Waals surface area contributed by atoms with Crippen LogP contribution in [0, 0.1) is 0 Å². The fourth-order valence-corrected chi connectivity index (χ4v) is 2.34. The Hall–Kier alpha value is -0.770. The van der Waals surface area contributed by atoms with Crippen molar-refractivity contribution in [3.8, 4) is 0 Å². The Kier molecular flexibility index (Phi) is 8.63. The van der Waals surface area contributed by atoms with Gasteiger partial charge >= 0.3 is 6.16 Å². The van der Waals surface area contributed by atoms with Gasteiger partial charge in [0, 0.05) is 13.1 Å². The molecule has 1 aliphatic heterocycles. The maximum Gasteiger partial charge on any atom is 0.528 e. The molecular weight excluding hydrogens is 242 g/mol. The van der Waals surface area contributed by atoms with Crippen molar-refractivity contribution in [1.82, 2.24) is 5.06 Å². The van der Waals surface area contributed by atoms with Crippen molar-refractivity contribution < 1.29 is 14.4 Å². The molecule has 0 aromatic heterocycles. The molecule has 0 bridgehead atoms. The summed E-state index contributed by atoms with van der Waals surface area (Å²) in [6, 6.07) is 0. The minimum Gasteiger partial charge on any atom is -0.430 e. The highest BCUT2D eigenvalue weighted by Crippen LogP contribution is 2.12. The monoisotopic (exact) mass is 271 g/mol. The van der Waals surface area contributed by atoms with Crippen molar-refractivity contribution in [2.24, 2.45) is 0 Å². The lowest BCUT2D eigenvalue weighted by Gasteiger charge is -2.25.